The van der Waals surface area contributed by atoms with Crippen molar-refractivity contribution >= 4 is 11.6 Å². The molecule has 6 heteroatoms. The number of amides is 1. The van der Waals surface area contributed by atoms with Crippen LogP contribution in [-0.4, -0.2) is 64.8 Å². The van der Waals surface area contributed by atoms with E-state index in [0.29, 0.717) is 23.6 Å². The molecule has 1 fully saturated rings. The molecule has 0 aliphatic carbocycles. The summed E-state index contributed by atoms with van der Waals surface area (Å²) in [6.45, 7) is 5.02. The lowest BCUT2D eigenvalue weighted by atomic mass is 10.1. The lowest BCUT2D eigenvalue weighted by Crippen LogP contribution is -2.44. The summed E-state index contributed by atoms with van der Waals surface area (Å²) in [5.41, 5.74) is 3.16. The van der Waals surface area contributed by atoms with Crippen LogP contribution in [-0.2, 0) is 6.42 Å². The molecule has 1 aliphatic rings. The SMILES string of the molecule is COc1ccc(C(=O)NCCCc2ccc(N3CCN(C)CC3)cc2)cc1OC. The molecule has 6 nitrogen and oxygen atoms in total. The van der Waals surface area contributed by atoms with Gasteiger partial charge in [-0.1, -0.05) is 12.1 Å². The number of anilines is 1. The van der Waals surface area contributed by atoms with Gasteiger partial charge < -0.3 is 24.6 Å². The zero-order valence-electron chi connectivity index (χ0n) is 17.6. The van der Waals surface area contributed by atoms with Crippen molar-refractivity contribution in [2.75, 3.05) is 58.9 Å². The number of ether oxygens (including phenoxy) is 2. The van der Waals surface area contributed by atoms with Crippen LogP contribution in [0, 0.1) is 0 Å². The Morgan fingerprint density at radius 1 is 0.966 bits per heavy atom. The van der Waals surface area contributed by atoms with Crippen LogP contribution < -0.4 is 19.7 Å². The zero-order valence-corrected chi connectivity index (χ0v) is 17.6. The number of carbonyl (C=O) groups excluding carboxylic acids is 1. The second kappa shape index (κ2) is 10.2. The number of benzene rings is 2. The molecule has 0 spiro atoms. The first-order chi connectivity index (χ1) is 14.1. The molecular weight excluding hydrogens is 366 g/mol. The van der Waals surface area contributed by atoms with Gasteiger partial charge in [0.25, 0.3) is 5.91 Å². The maximum atomic E-state index is 12.4. The Morgan fingerprint density at radius 2 is 1.66 bits per heavy atom. The van der Waals surface area contributed by atoms with E-state index >= 15 is 0 Å². The predicted molar refractivity (Wildman–Crippen MR) is 116 cm³/mol. The van der Waals surface area contributed by atoms with Gasteiger partial charge in [-0.05, 0) is 55.8 Å². The molecule has 0 atom stereocenters. The van der Waals surface area contributed by atoms with Gasteiger partial charge in [0.15, 0.2) is 11.5 Å². The molecule has 0 unspecified atom stereocenters. The quantitative estimate of drug-likeness (QED) is 0.694. The number of piperazine rings is 1. The normalized spacial score (nSPS) is 14.5. The van der Waals surface area contributed by atoms with Crippen molar-refractivity contribution in [3.05, 3.63) is 53.6 Å². The van der Waals surface area contributed by atoms with Crippen molar-refractivity contribution in [1.82, 2.24) is 10.2 Å². The second-order valence-electron chi connectivity index (χ2n) is 7.39. The molecule has 0 aromatic heterocycles. The van der Waals surface area contributed by atoms with E-state index in [1.165, 1.54) is 11.3 Å². The van der Waals surface area contributed by atoms with E-state index in [2.05, 4.69) is 46.4 Å². The third kappa shape index (κ3) is 5.64. The maximum Gasteiger partial charge on any atom is 0.251 e. The van der Waals surface area contributed by atoms with E-state index < -0.39 is 0 Å². The largest absolute Gasteiger partial charge is 0.493 e. The van der Waals surface area contributed by atoms with Crippen LogP contribution in [0.1, 0.15) is 22.3 Å². The molecule has 1 saturated heterocycles. The first-order valence-electron chi connectivity index (χ1n) is 10.1. The van der Waals surface area contributed by atoms with E-state index in [4.69, 9.17) is 9.47 Å². The van der Waals surface area contributed by atoms with Crippen molar-refractivity contribution in [2.45, 2.75) is 12.8 Å². The average molecular weight is 398 g/mol. The summed E-state index contributed by atoms with van der Waals surface area (Å²) < 4.78 is 10.5. The molecule has 156 valence electrons. The molecule has 29 heavy (non-hydrogen) atoms. The van der Waals surface area contributed by atoms with E-state index in [-0.39, 0.29) is 5.91 Å². The summed E-state index contributed by atoms with van der Waals surface area (Å²) in [5.74, 6) is 1.07. The molecule has 1 N–H and O–H groups in total. The van der Waals surface area contributed by atoms with Crippen molar-refractivity contribution in [3.8, 4) is 11.5 Å². The van der Waals surface area contributed by atoms with Gasteiger partial charge in [0, 0.05) is 44.0 Å². The summed E-state index contributed by atoms with van der Waals surface area (Å²) >= 11 is 0. The van der Waals surface area contributed by atoms with Gasteiger partial charge >= 0.3 is 0 Å². The number of carbonyl (C=O) groups is 1. The second-order valence-corrected chi connectivity index (χ2v) is 7.39. The van der Waals surface area contributed by atoms with Crippen LogP contribution in [0.2, 0.25) is 0 Å². The molecule has 2 aromatic rings. The van der Waals surface area contributed by atoms with Crippen LogP contribution in [0.15, 0.2) is 42.5 Å². The molecule has 2 aromatic carbocycles. The van der Waals surface area contributed by atoms with Gasteiger partial charge in [-0.2, -0.15) is 0 Å². The van der Waals surface area contributed by atoms with Crippen LogP contribution in [0.25, 0.3) is 0 Å². The van der Waals surface area contributed by atoms with E-state index in [1.54, 1.807) is 32.4 Å². The molecule has 3 rings (SSSR count). The van der Waals surface area contributed by atoms with Gasteiger partial charge in [0.1, 0.15) is 0 Å². The summed E-state index contributed by atoms with van der Waals surface area (Å²) in [4.78, 5) is 17.2. The minimum atomic E-state index is -0.101. The number of nitrogens with zero attached hydrogens (tertiary/aromatic N) is 2. The number of hydrogen-bond donors (Lipinski definition) is 1. The third-order valence-electron chi connectivity index (χ3n) is 5.38. The fourth-order valence-electron chi connectivity index (χ4n) is 3.51. The highest BCUT2D eigenvalue weighted by molar-refractivity contribution is 5.94. The Bertz CT molecular complexity index is 800. The van der Waals surface area contributed by atoms with E-state index in [9.17, 15) is 4.79 Å². The maximum absolute atomic E-state index is 12.4. The number of hydrogen-bond acceptors (Lipinski definition) is 5. The summed E-state index contributed by atoms with van der Waals surface area (Å²) in [6, 6.07) is 14.0. The number of likely N-dealkylation sites (N-methyl/N-ethyl adjacent to an activating group) is 1. The van der Waals surface area contributed by atoms with Crippen molar-refractivity contribution in [2.24, 2.45) is 0 Å². The van der Waals surface area contributed by atoms with Crippen LogP contribution in [0.3, 0.4) is 0 Å². The van der Waals surface area contributed by atoms with Gasteiger partial charge in [0.2, 0.25) is 0 Å². The Kier molecular flexibility index (Phi) is 7.36. The highest BCUT2D eigenvalue weighted by Gasteiger charge is 2.14. The number of methoxy groups -OCH3 is 2. The molecule has 0 radical (unpaired) electrons. The third-order valence-corrected chi connectivity index (χ3v) is 5.38. The molecule has 0 saturated carbocycles. The predicted octanol–water partition coefficient (Wildman–Crippen LogP) is 2.82. The first kappa shape index (κ1) is 21.0. The minimum absolute atomic E-state index is 0.101. The van der Waals surface area contributed by atoms with Gasteiger partial charge in [-0.25, -0.2) is 0 Å². The van der Waals surface area contributed by atoms with Gasteiger partial charge in [-0.15, -0.1) is 0 Å². The lowest BCUT2D eigenvalue weighted by molar-refractivity contribution is 0.0953. The van der Waals surface area contributed by atoms with Crippen LogP contribution in [0.4, 0.5) is 5.69 Å². The molecule has 1 aliphatic heterocycles. The fourth-order valence-corrected chi connectivity index (χ4v) is 3.51. The topological polar surface area (TPSA) is 54.0 Å². The Balaban J connectivity index is 1.44. The van der Waals surface area contributed by atoms with Gasteiger partial charge in [0.05, 0.1) is 14.2 Å². The standard InChI is InChI=1S/C23H31N3O3/c1-25-13-15-26(16-14-25)20-9-6-18(7-10-20)5-4-12-24-23(27)19-8-11-21(28-2)22(17-19)29-3/h6-11,17H,4-5,12-16H2,1-3H3,(H,24,27). The zero-order chi connectivity index (χ0) is 20.6. The van der Waals surface area contributed by atoms with E-state index in [0.717, 1.165) is 39.0 Å². The van der Waals surface area contributed by atoms with Crippen molar-refractivity contribution < 1.29 is 14.3 Å². The average Bonchev–Trinajstić information content (AvgIpc) is 2.77. The summed E-state index contributed by atoms with van der Waals surface area (Å²) in [6.07, 6.45) is 1.84. The molecule has 0 bridgehead atoms. The van der Waals surface area contributed by atoms with Crippen molar-refractivity contribution in [3.63, 3.8) is 0 Å². The molecule has 1 amide bonds. The monoisotopic (exact) mass is 397 g/mol. The van der Waals surface area contributed by atoms with Crippen LogP contribution >= 0.6 is 0 Å². The summed E-state index contributed by atoms with van der Waals surface area (Å²) in [7, 11) is 5.31. The molecular formula is C23H31N3O3. The fraction of sp³-hybridized carbons (Fsp3) is 0.435. The van der Waals surface area contributed by atoms with Crippen LogP contribution in [0.5, 0.6) is 11.5 Å². The lowest BCUT2D eigenvalue weighted by Gasteiger charge is -2.34. The van der Waals surface area contributed by atoms with Crippen molar-refractivity contribution in [1.29, 1.82) is 0 Å². The Morgan fingerprint density at radius 3 is 2.31 bits per heavy atom. The van der Waals surface area contributed by atoms with Gasteiger partial charge in [-0.3, -0.25) is 4.79 Å². The molecule has 1 heterocycles. The Labute approximate surface area is 173 Å². The highest BCUT2D eigenvalue weighted by atomic mass is 16.5. The highest BCUT2D eigenvalue weighted by Crippen LogP contribution is 2.27. The smallest absolute Gasteiger partial charge is 0.251 e. The Hall–Kier alpha value is -2.73. The summed E-state index contributed by atoms with van der Waals surface area (Å²) in [5, 5.41) is 2.98. The number of rotatable bonds is 8. The number of nitrogens with one attached hydrogen (secondary N) is 1. The minimum Gasteiger partial charge on any atom is -0.493 e. The van der Waals surface area contributed by atoms with E-state index in [1.807, 2.05) is 0 Å². The number of aryl methyl sites for hydroxylation is 1. The first-order valence-corrected chi connectivity index (χ1v) is 10.1.